The Morgan fingerprint density at radius 1 is 1.26 bits per heavy atom. The molecule has 1 aliphatic rings. The van der Waals surface area contributed by atoms with Crippen molar-refractivity contribution < 1.29 is 18.7 Å². The fourth-order valence-corrected chi connectivity index (χ4v) is 3.27. The number of guanidine groups is 1. The molecule has 0 aliphatic carbocycles. The summed E-state index contributed by atoms with van der Waals surface area (Å²) in [7, 11) is 0. The van der Waals surface area contributed by atoms with Crippen molar-refractivity contribution in [3.05, 3.63) is 24.2 Å². The highest BCUT2D eigenvalue weighted by atomic mass is 16.6. The van der Waals surface area contributed by atoms with Gasteiger partial charge in [0.1, 0.15) is 5.76 Å². The summed E-state index contributed by atoms with van der Waals surface area (Å²) < 4.78 is 10.5. The van der Waals surface area contributed by atoms with Gasteiger partial charge in [0.2, 0.25) is 5.91 Å². The van der Waals surface area contributed by atoms with Crippen LogP contribution in [0.1, 0.15) is 46.3 Å². The lowest BCUT2D eigenvalue weighted by molar-refractivity contribution is -0.128. The molecule has 3 N–H and O–H groups in total. The second-order valence-corrected chi connectivity index (χ2v) is 8.27. The molecule has 1 aromatic heterocycles. The minimum Gasteiger partial charge on any atom is -0.469 e. The highest BCUT2D eigenvalue weighted by Gasteiger charge is 2.28. The summed E-state index contributed by atoms with van der Waals surface area (Å²) in [5.74, 6) is 1.55. The third-order valence-electron chi connectivity index (χ3n) is 5.19. The molecule has 1 saturated heterocycles. The van der Waals surface area contributed by atoms with Crippen LogP contribution in [0.2, 0.25) is 0 Å². The van der Waals surface area contributed by atoms with E-state index in [4.69, 9.17) is 14.1 Å². The second kappa shape index (κ2) is 12.2. The first kappa shape index (κ1) is 24.6. The van der Waals surface area contributed by atoms with Crippen molar-refractivity contribution in [3.8, 4) is 0 Å². The molecule has 0 spiro atoms. The largest absolute Gasteiger partial charge is 0.469 e. The van der Waals surface area contributed by atoms with Crippen molar-refractivity contribution in [1.82, 2.24) is 20.9 Å². The van der Waals surface area contributed by atoms with Crippen LogP contribution in [0.25, 0.3) is 0 Å². The lowest BCUT2D eigenvalue weighted by Crippen LogP contribution is -2.50. The van der Waals surface area contributed by atoms with Crippen LogP contribution in [0.15, 0.2) is 27.8 Å². The SMILES string of the molecule is CCNC(=O)C(C)(C)CN=C(NCCc1ccco1)NC1CCN(C(=O)OCC)CC1. The molecular formula is C22H37N5O4. The first-order chi connectivity index (χ1) is 14.9. The molecule has 0 bridgehead atoms. The van der Waals surface area contributed by atoms with Gasteiger partial charge in [-0.15, -0.1) is 0 Å². The van der Waals surface area contributed by atoms with Crippen molar-refractivity contribution in [2.24, 2.45) is 10.4 Å². The van der Waals surface area contributed by atoms with Crippen LogP contribution >= 0.6 is 0 Å². The molecule has 2 heterocycles. The number of amides is 2. The summed E-state index contributed by atoms with van der Waals surface area (Å²) in [6, 6.07) is 4.00. The lowest BCUT2D eigenvalue weighted by atomic mass is 9.92. The van der Waals surface area contributed by atoms with E-state index >= 15 is 0 Å². The van der Waals surface area contributed by atoms with E-state index in [2.05, 4.69) is 16.0 Å². The van der Waals surface area contributed by atoms with Gasteiger partial charge in [0.15, 0.2) is 5.96 Å². The van der Waals surface area contributed by atoms with E-state index in [0.717, 1.165) is 25.0 Å². The lowest BCUT2D eigenvalue weighted by Gasteiger charge is -2.32. The second-order valence-electron chi connectivity index (χ2n) is 8.27. The van der Waals surface area contributed by atoms with Gasteiger partial charge in [-0.05, 0) is 52.7 Å². The van der Waals surface area contributed by atoms with Crippen molar-refractivity contribution in [1.29, 1.82) is 0 Å². The number of rotatable bonds is 9. The summed E-state index contributed by atoms with van der Waals surface area (Å²) in [4.78, 5) is 30.6. The van der Waals surface area contributed by atoms with Gasteiger partial charge in [0, 0.05) is 38.6 Å². The van der Waals surface area contributed by atoms with E-state index in [-0.39, 0.29) is 18.0 Å². The highest BCUT2D eigenvalue weighted by molar-refractivity contribution is 5.83. The summed E-state index contributed by atoms with van der Waals surface area (Å²) in [6.45, 7) is 10.8. The molecule has 0 radical (unpaired) electrons. The normalized spacial score (nSPS) is 15.5. The van der Waals surface area contributed by atoms with Gasteiger partial charge in [-0.1, -0.05) is 0 Å². The molecule has 0 unspecified atom stereocenters. The minimum atomic E-state index is -0.612. The first-order valence-corrected chi connectivity index (χ1v) is 11.1. The quantitative estimate of drug-likeness (QED) is 0.405. The fraction of sp³-hybridized carbons (Fsp3) is 0.682. The number of hydrogen-bond donors (Lipinski definition) is 3. The topological polar surface area (TPSA) is 108 Å². The highest BCUT2D eigenvalue weighted by Crippen LogP contribution is 2.16. The number of nitrogens with one attached hydrogen (secondary N) is 3. The van der Waals surface area contributed by atoms with Crippen LogP contribution in [0.5, 0.6) is 0 Å². The number of nitrogens with zero attached hydrogens (tertiary/aromatic N) is 2. The zero-order chi connectivity index (χ0) is 22.7. The zero-order valence-corrected chi connectivity index (χ0v) is 19.2. The molecule has 2 rings (SSSR count). The molecule has 31 heavy (non-hydrogen) atoms. The number of furan rings is 1. The van der Waals surface area contributed by atoms with E-state index in [1.165, 1.54) is 0 Å². The Labute approximate surface area is 185 Å². The van der Waals surface area contributed by atoms with Gasteiger partial charge in [-0.2, -0.15) is 0 Å². The number of aliphatic imine (C=N–C) groups is 1. The van der Waals surface area contributed by atoms with Gasteiger partial charge < -0.3 is 30.0 Å². The fourth-order valence-electron chi connectivity index (χ4n) is 3.27. The van der Waals surface area contributed by atoms with E-state index in [1.54, 1.807) is 11.2 Å². The Balaban J connectivity index is 1.95. The van der Waals surface area contributed by atoms with Crippen LogP contribution in [0.4, 0.5) is 4.79 Å². The predicted octanol–water partition coefficient (Wildman–Crippen LogP) is 2.14. The number of likely N-dealkylation sites (tertiary alicyclic amines) is 1. The van der Waals surface area contributed by atoms with Crippen LogP contribution in [-0.4, -0.2) is 68.2 Å². The van der Waals surface area contributed by atoms with Crippen molar-refractivity contribution in [2.45, 2.75) is 53.0 Å². The average molecular weight is 436 g/mol. The van der Waals surface area contributed by atoms with Gasteiger partial charge in [0.05, 0.1) is 24.8 Å². The predicted molar refractivity (Wildman–Crippen MR) is 120 cm³/mol. The molecule has 0 saturated carbocycles. The Kier molecular flexibility index (Phi) is 9.68. The van der Waals surface area contributed by atoms with Crippen LogP contribution in [0, 0.1) is 5.41 Å². The first-order valence-electron chi connectivity index (χ1n) is 11.1. The van der Waals surface area contributed by atoms with E-state index in [9.17, 15) is 9.59 Å². The molecule has 2 amide bonds. The summed E-state index contributed by atoms with van der Waals surface area (Å²) in [6.07, 6.45) is 3.74. The zero-order valence-electron chi connectivity index (χ0n) is 19.2. The molecular weight excluding hydrogens is 398 g/mol. The summed E-state index contributed by atoms with van der Waals surface area (Å²) >= 11 is 0. The van der Waals surface area contributed by atoms with E-state index < -0.39 is 5.41 Å². The Bertz CT molecular complexity index is 709. The molecule has 9 heteroatoms. The number of carbonyl (C=O) groups is 2. The Morgan fingerprint density at radius 2 is 2.00 bits per heavy atom. The average Bonchev–Trinajstić information content (AvgIpc) is 3.26. The maximum Gasteiger partial charge on any atom is 0.409 e. The minimum absolute atomic E-state index is 0.0172. The Hall–Kier alpha value is -2.71. The standard InChI is InChI=1S/C22H37N5O4/c1-5-23-19(28)22(3,4)16-25-20(24-12-9-18-8-7-15-31-18)26-17-10-13-27(14-11-17)21(29)30-6-2/h7-8,15,17H,5-6,9-14,16H2,1-4H3,(H,23,28)(H2,24,25,26). The molecule has 9 nitrogen and oxygen atoms in total. The Morgan fingerprint density at radius 3 is 2.61 bits per heavy atom. The van der Waals surface area contributed by atoms with Gasteiger partial charge in [-0.25, -0.2) is 4.79 Å². The summed E-state index contributed by atoms with van der Waals surface area (Å²) in [5, 5.41) is 9.68. The van der Waals surface area contributed by atoms with E-state index in [0.29, 0.717) is 45.3 Å². The number of ether oxygens (including phenoxy) is 1. The number of piperidine rings is 1. The van der Waals surface area contributed by atoms with Crippen molar-refractivity contribution >= 4 is 18.0 Å². The van der Waals surface area contributed by atoms with Crippen LogP contribution < -0.4 is 16.0 Å². The monoisotopic (exact) mass is 435 g/mol. The van der Waals surface area contributed by atoms with Gasteiger partial charge in [0.25, 0.3) is 0 Å². The van der Waals surface area contributed by atoms with Crippen molar-refractivity contribution in [3.63, 3.8) is 0 Å². The van der Waals surface area contributed by atoms with Gasteiger partial charge in [-0.3, -0.25) is 9.79 Å². The molecule has 0 aromatic carbocycles. The molecule has 174 valence electrons. The van der Waals surface area contributed by atoms with E-state index in [1.807, 2.05) is 39.8 Å². The van der Waals surface area contributed by atoms with Crippen LogP contribution in [-0.2, 0) is 16.0 Å². The third kappa shape index (κ3) is 8.15. The third-order valence-corrected chi connectivity index (χ3v) is 5.19. The number of hydrogen-bond acceptors (Lipinski definition) is 5. The smallest absolute Gasteiger partial charge is 0.409 e. The van der Waals surface area contributed by atoms with Crippen molar-refractivity contribution in [2.75, 3.05) is 39.3 Å². The maximum atomic E-state index is 12.3. The molecule has 1 aliphatic heterocycles. The number of carbonyl (C=O) groups excluding carboxylic acids is 2. The maximum absolute atomic E-state index is 12.3. The molecule has 1 aromatic rings. The molecule has 0 atom stereocenters. The van der Waals surface area contributed by atoms with Gasteiger partial charge >= 0.3 is 6.09 Å². The molecule has 1 fully saturated rings. The van der Waals surface area contributed by atoms with Crippen LogP contribution in [0.3, 0.4) is 0 Å². The summed E-state index contributed by atoms with van der Waals surface area (Å²) in [5.41, 5.74) is -0.612.